The minimum absolute atomic E-state index is 0.0691. The van der Waals surface area contributed by atoms with Crippen molar-refractivity contribution in [2.75, 3.05) is 5.43 Å². The van der Waals surface area contributed by atoms with Crippen LogP contribution in [0.4, 0.5) is 11.4 Å². The van der Waals surface area contributed by atoms with Crippen LogP contribution in [0, 0.1) is 10.1 Å². The Morgan fingerprint density at radius 2 is 1.68 bits per heavy atom. The molecule has 22 heavy (non-hydrogen) atoms. The zero-order valence-corrected chi connectivity index (χ0v) is 11.1. The highest BCUT2D eigenvalue weighted by molar-refractivity contribution is 5.73. The average molecular weight is 301 g/mol. The van der Waals surface area contributed by atoms with Crippen LogP contribution < -0.4 is 5.43 Å². The molecule has 0 aromatic heterocycles. The van der Waals surface area contributed by atoms with Crippen molar-refractivity contribution < 1.29 is 15.1 Å². The Bertz CT molecular complexity index is 745. The molecular weight excluding hydrogens is 290 g/mol. The van der Waals surface area contributed by atoms with E-state index >= 15 is 0 Å². The number of azo groups is 1. The Kier molecular flexibility index (Phi) is 4.60. The number of guanidine groups is 1. The van der Waals surface area contributed by atoms with Crippen LogP contribution in [0.2, 0.25) is 0 Å². The summed E-state index contributed by atoms with van der Waals surface area (Å²) in [5, 5.41) is 40.3. The smallest absolute Gasteiger partial charge is 0.506 e. The molecule has 9 nitrogen and oxygen atoms in total. The van der Waals surface area contributed by atoms with Gasteiger partial charge >= 0.3 is 5.96 Å². The number of benzene rings is 2. The number of phenols is 2. The Morgan fingerprint density at radius 3 is 2.32 bits per heavy atom. The fourth-order valence-electron chi connectivity index (χ4n) is 1.43. The molecule has 0 saturated carbocycles. The summed E-state index contributed by atoms with van der Waals surface area (Å²) in [5.41, 5.74) is 2.57. The van der Waals surface area contributed by atoms with Gasteiger partial charge in [0.05, 0.1) is 5.11 Å². The minimum atomic E-state index is -0.851. The van der Waals surface area contributed by atoms with Gasteiger partial charge in [0.2, 0.25) is 0 Å². The second-order valence-corrected chi connectivity index (χ2v) is 3.99. The summed E-state index contributed by atoms with van der Waals surface area (Å²) in [6.07, 6.45) is 0. The van der Waals surface area contributed by atoms with Crippen molar-refractivity contribution >= 4 is 17.3 Å². The van der Waals surface area contributed by atoms with Crippen LogP contribution in [0.5, 0.6) is 11.5 Å². The van der Waals surface area contributed by atoms with Crippen LogP contribution >= 0.6 is 0 Å². The second kappa shape index (κ2) is 6.79. The Hall–Kier alpha value is -3.49. The van der Waals surface area contributed by atoms with Gasteiger partial charge < -0.3 is 20.3 Å². The van der Waals surface area contributed by atoms with Gasteiger partial charge in [-0.2, -0.15) is 0 Å². The van der Waals surface area contributed by atoms with E-state index in [9.17, 15) is 20.3 Å². The molecule has 0 aliphatic rings. The third-order valence-corrected chi connectivity index (χ3v) is 2.47. The molecule has 0 amide bonds. The third kappa shape index (κ3) is 3.76. The number of nitrogens with zero attached hydrogens (tertiary/aromatic N) is 4. The van der Waals surface area contributed by atoms with Gasteiger partial charge in [0.1, 0.15) is 22.9 Å². The van der Waals surface area contributed by atoms with E-state index in [4.69, 9.17) is 0 Å². The zero-order valence-electron chi connectivity index (χ0n) is 11.1. The lowest BCUT2D eigenvalue weighted by Crippen LogP contribution is -2.10. The van der Waals surface area contributed by atoms with Gasteiger partial charge in [-0.15, -0.1) is 0 Å². The number of nitro groups is 1. The molecule has 0 heterocycles. The summed E-state index contributed by atoms with van der Waals surface area (Å²) in [6, 6.07) is 12.1. The number of phenolic OH excluding ortho intramolecular Hbond substituents is 2. The van der Waals surface area contributed by atoms with Crippen molar-refractivity contribution in [1.29, 1.82) is 0 Å². The van der Waals surface area contributed by atoms with Crippen molar-refractivity contribution in [3.63, 3.8) is 0 Å². The Labute approximate surface area is 124 Å². The first-order valence-electron chi connectivity index (χ1n) is 6.04. The predicted molar refractivity (Wildman–Crippen MR) is 78.8 cm³/mol. The third-order valence-electron chi connectivity index (χ3n) is 2.47. The average Bonchev–Trinajstić information content (AvgIpc) is 2.50. The number of rotatable bonds is 3. The molecule has 0 radical (unpaired) electrons. The standard InChI is InChI=1S/C13H11N5O4/c19-11-7-3-1-5-9(11)14-16-13(18(21)22)17-15-10-6-2-4-8-12(10)20/h1-8,14,19-20H. The first-order chi connectivity index (χ1) is 10.6. The van der Waals surface area contributed by atoms with E-state index in [0.717, 1.165) is 0 Å². The molecule has 0 atom stereocenters. The molecule has 0 spiro atoms. The molecule has 0 unspecified atom stereocenters. The SMILES string of the molecule is O=[N+]([O-])C(N=Nc1ccccc1O)=NNc1ccccc1O. The molecular formula is C13H11N5O4. The largest absolute Gasteiger partial charge is 0.511 e. The summed E-state index contributed by atoms with van der Waals surface area (Å²) in [6.45, 7) is 0. The van der Waals surface area contributed by atoms with Gasteiger partial charge in [-0.05, 0) is 29.2 Å². The minimum Gasteiger partial charge on any atom is -0.506 e. The van der Waals surface area contributed by atoms with Crippen molar-refractivity contribution in [1.82, 2.24) is 0 Å². The quantitative estimate of drug-likeness (QED) is 0.200. The van der Waals surface area contributed by atoms with Gasteiger partial charge in [-0.25, -0.2) is 5.43 Å². The molecule has 0 aliphatic heterocycles. The molecule has 0 saturated heterocycles. The summed E-state index contributed by atoms with van der Waals surface area (Å²) >= 11 is 0. The van der Waals surface area contributed by atoms with Crippen LogP contribution in [0.1, 0.15) is 0 Å². The maximum Gasteiger partial charge on any atom is 0.511 e. The van der Waals surface area contributed by atoms with Crippen molar-refractivity contribution in [2.24, 2.45) is 15.3 Å². The highest BCUT2D eigenvalue weighted by atomic mass is 16.6. The van der Waals surface area contributed by atoms with E-state index in [-0.39, 0.29) is 22.9 Å². The normalized spacial score (nSPS) is 11.5. The summed E-state index contributed by atoms with van der Waals surface area (Å²) in [4.78, 5) is 10.0. The topological polar surface area (TPSA) is 133 Å². The van der Waals surface area contributed by atoms with Gasteiger partial charge in [0.15, 0.2) is 0 Å². The van der Waals surface area contributed by atoms with E-state index in [1.165, 1.54) is 24.3 Å². The van der Waals surface area contributed by atoms with Crippen molar-refractivity contribution in [3.05, 3.63) is 58.6 Å². The van der Waals surface area contributed by atoms with E-state index in [0.29, 0.717) is 0 Å². The van der Waals surface area contributed by atoms with Crippen LogP contribution in [-0.2, 0) is 0 Å². The van der Waals surface area contributed by atoms with E-state index in [1.54, 1.807) is 24.3 Å². The van der Waals surface area contributed by atoms with Crippen molar-refractivity contribution in [2.45, 2.75) is 0 Å². The van der Waals surface area contributed by atoms with Gasteiger partial charge in [0.25, 0.3) is 0 Å². The molecule has 2 aromatic rings. The lowest BCUT2D eigenvalue weighted by atomic mass is 10.3. The summed E-state index contributed by atoms with van der Waals surface area (Å²) in [7, 11) is 0. The maximum atomic E-state index is 10.9. The zero-order chi connectivity index (χ0) is 15.9. The number of nitrogens with one attached hydrogen (secondary N) is 1. The fraction of sp³-hybridized carbons (Fsp3) is 0. The Balaban J connectivity index is 2.20. The lowest BCUT2D eigenvalue weighted by molar-refractivity contribution is -0.352. The highest BCUT2D eigenvalue weighted by Crippen LogP contribution is 2.25. The van der Waals surface area contributed by atoms with E-state index < -0.39 is 10.9 Å². The van der Waals surface area contributed by atoms with E-state index in [1.807, 2.05) is 0 Å². The molecule has 0 aliphatic carbocycles. The molecule has 9 heteroatoms. The fourth-order valence-corrected chi connectivity index (χ4v) is 1.43. The molecule has 112 valence electrons. The van der Waals surface area contributed by atoms with Gasteiger partial charge in [-0.1, -0.05) is 29.4 Å². The van der Waals surface area contributed by atoms with Gasteiger partial charge in [0, 0.05) is 5.10 Å². The summed E-state index contributed by atoms with van der Waals surface area (Å²) < 4.78 is 0. The van der Waals surface area contributed by atoms with Crippen LogP contribution in [0.15, 0.2) is 63.9 Å². The van der Waals surface area contributed by atoms with Crippen LogP contribution in [-0.4, -0.2) is 21.1 Å². The van der Waals surface area contributed by atoms with Crippen LogP contribution in [0.25, 0.3) is 0 Å². The summed E-state index contributed by atoms with van der Waals surface area (Å²) in [5.74, 6) is -1.11. The number of hydrazone groups is 1. The number of para-hydroxylation sites is 3. The molecule has 3 N–H and O–H groups in total. The first kappa shape index (κ1) is 14.9. The molecule has 2 rings (SSSR count). The number of aromatic hydroxyl groups is 2. The van der Waals surface area contributed by atoms with Gasteiger partial charge in [-0.3, -0.25) is 0 Å². The number of hydrogen-bond donors (Lipinski definition) is 3. The van der Waals surface area contributed by atoms with Crippen LogP contribution in [0.3, 0.4) is 0 Å². The molecule has 2 aromatic carbocycles. The lowest BCUT2D eigenvalue weighted by Gasteiger charge is -1.99. The maximum absolute atomic E-state index is 10.9. The highest BCUT2D eigenvalue weighted by Gasteiger charge is 2.13. The number of hydrogen-bond acceptors (Lipinski definition) is 7. The number of anilines is 1. The second-order valence-electron chi connectivity index (χ2n) is 3.99. The monoisotopic (exact) mass is 301 g/mol. The Morgan fingerprint density at radius 1 is 1.05 bits per heavy atom. The first-order valence-corrected chi connectivity index (χ1v) is 6.04. The van der Waals surface area contributed by atoms with E-state index in [2.05, 4.69) is 20.8 Å². The predicted octanol–water partition coefficient (Wildman–Crippen LogP) is 2.84. The van der Waals surface area contributed by atoms with Crippen molar-refractivity contribution in [3.8, 4) is 11.5 Å². The molecule has 0 fully saturated rings. The molecule has 0 bridgehead atoms.